The van der Waals surface area contributed by atoms with Gasteiger partial charge < -0.3 is 14.6 Å². The molecule has 4 heterocycles. The first kappa shape index (κ1) is 17.4. The molecule has 0 bridgehead atoms. The molecule has 4 aromatic rings. The molecule has 0 saturated heterocycles. The lowest BCUT2D eigenvalue weighted by molar-refractivity contribution is 0.0681. The van der Waals surface area contributed by atoms with Gasteiger partial charge in [0.05, 0.1) is 34.2 Å². The van der Waals surface area contributed by atoms with Crippen molar-refractivity contribution in [2.45, 2.75) is 57.7 Å². The Labute approximate surface area is 187 Å². The van der Waals surface area contributed by atoms with Gasteiger partial charge in [-0.1, -0.05) is 0 Å². The molecule has 0 radical (unpaired) electrons. The number of pyridine rings is 1. The molecular formula is C22H25F2N7O. The van der Waals surface area contributed by atoms with Crippen LogP contribution in [-0.2, 0) is 11.3 Å². The lowest BCUT2D eigenvalue weighted by Gasteiger charge is -2.28. The Balaban J connectivity index is 1.34. The van der Waals surface area contributed by atoms with E-state index in [1.165, 1.54) is 4.57 Å². The van der Waals surface area contributed by atoms with Crippen LogP contribution in [0.1, 0.15) is 35.6 Å². The Bertz CT molecular complexity index is 1350. The second kappa shape index (κ2) is 8.42. The zero-order valence-electron chi connectivity index (χ0n) is 20.5. The third kappa shape index (κ3) is 3.90. The zero-order valence-corrected chi connectivity index (χ0v) is 17.5. The normalized spacial score (nSPS) is 21.1. The van der Waals surface area contributed by atoms with Gasteiger partial charge in [0.25, 0.3) is 6.43 Å². The van der Waals surface area contributed by atoms with Crippen molar-refractivity contribution in [3.63, 3.8) is 0 Å². The number of halogens is 2. The number of hydrogen-bond donors (Lipinski definition) is 1. The highest BCUT2D eigenvalue weighted by atomic mass is 19.3. The fourth-order valence-corrected chi connectivity index (χ4v) is 4.31. The standard InChI is InChI=1S/C22H25F2N7O/c1-13-26-18-8-7-17(28-21(18)30(13)12-20(23)24)16-9-10-31-19(16)11-25-22(29-31)27-14-3-5-15(32-2)6-4-14/h7-11,14-15,20H,3-6,12H2,1-2H3,(H,27,29)/i2D3. The summed E-state index contributed by atoms with van der Waals surface area (Å²) < 4.78 is 56.1. The van der Waals surface area contributed by atoms with E-state index >= 15 is 0 Å². The average molecular weight is 445 g/mol. The van der Waals surface area contributed by atoms with Crippen molar-refractivity contribution >= 4 is 22.6 Å². The summed E-state index contributed by atoms with van der Waals surface area (Å²) in [5.41, 5.74) is 3.11. The summed E-state index contributed by atoms with van der Waals surface area (Å²) >= 11 is 0. The Morgan fingerprint density at radius 3 is 2.84 bits per heavy atom. The van der Waals surface area contributed by atoms with E-state index in [1.807, 2.05) is 12.1 Å². The minimum absolute atomic E-state index is 0.126. The zero-order chi connectivity index (χ0) is 24.7. The maximum Gasteiger partial charge on any atom is 0.256 e. The van der Waals surface area contributed by atoms with Crippen LogP contribution >= 0.6 is 0 Å². The van der Waals surface area contributed by atoms with Gasteiger partial charge in [-0.3, -0.25) is 0 Å². The number of hydrogen-bond acceptors (Lipinski definition) is 6. The van der Waals surface area contributed by atoms with Crippen molar-refractivity contribution < 1.29 is 17.6 Å². The van der Waals surface area contributed by atoms with E-state index in [-0.39, 0.29) is 12.1 Å². The molecule has 0 amide bonds. The van der Waals surface area contributed by atoms with Crippen LogP contribution in [0.2, 0.25) is 0 Å². The molecule has 5 rings (SSSR count). The van der Waals surface area contributed by atoms with Gasteiger partial charge in [-0.2, -0.15) is 0 Å². The predicted octanol–water partition coefficient (Wildman–Crippen LogP) is 4.08. The second-order valence-electron chi connectivity index (χ2n) is 8.08. The van der Waals surface area contributed by atoms with E-state index in [0.29, 0.717) is 41.5 Å². The van der Waals surface area contributed by atoms with E-state index in [9.17, 15) is 8.78 Å². The second-order valence-corrected chi connectivity index (χ2v) is 8.08. The van der Waals surface area contributed by atoms with Gasteiger partial charge in [0, 0.05) is 24.8 Å². The smallest absolute Gasteiger partial charge is 0.256 e. The molecule has 0 aromatic carbocycles. The maximum atomic E-state index is 13.0. The maximum absolute atomic E-state index is 13.0. The van der Waals surface area contributed by atoms with Crippen LogP contribution in [0.25, 0.3) is 27.9 Å². The molecule has 0 aliphatic heterocycles. The molecule has 1 saturated carbocycles. The SMILES string of the molecule is [2H]C([2H])([2H])OC1CCC(Nc2ncc3c(-c4ccc5nc(C)n(CC(F)F)c5n4)ccn3n2)CC1. The van der Waals surface area contributed by atoms with Crippen LogP contribution in [0.15, 0.2) is 30.6 Å². The van der Waals surface area contributed by atoms with Gasteiger partial charge in [0.2, 0.25) is 5.95 Å². The van der Waals surface area contributed by atoms with Gasteiger partial charge in [0.1, 0.15) is 11.3 Å². The monoisotopic (exact) mass is 444 g/mol. The Hall–Kier alpha value is -3.14. The minimum atomic E-state index is -2.50. The number of fused-ring (bicyclic) bond motifs is 2. The van der Waals surface area contributed by atoms with Crippen LogP contribution in [0.5, 0.6) is 0 Å². The topological polar surface area (TPSA) is 82.2 Å². The molecule has 0 atom stereocenters. The largest absolute Gasteiger partial charge is 0.381 e. The highest BCUT2D eigenvalue weighted by molar-refractivity contribution is 5.82. The molecule has 8 nitrogen and oxygen atoms in total. The average Bonchev–Trinajstić information content (AvgIpc) is 3.34. The fraction of sp³-hybridized carbons (Fsp3) is 0.455. The number of nitrogens with zero attached hydrogens (tertiary/aromatic N) is 6. The number of alkyl halides is 2. The number of imidazole rings is 1. The van der Waals surface area contributed by atoms with E-state index in [0.717, 1.165) is 23.9 Å². The van der Waals surface area contributed by atoms with E-state index in [4.69, 9.17) is 8.85 Å². The van der Waals surface area contributed by atoms with Gasteiger partial charge in [0.15, 0.2) is 5.65 Å². The third-order valence-corrected chi connectivity index (χ3v) is 5.97. The molecular weight excluding hydrogens is 416 g/mol. The van der Waals surface area contributed by atoms with Crippen LogP contribution in [0, 0.1) is 6.92 Å². The summed E-state index contributed by atoms with van der Waals surface area (Å²) in [6.07, 6.45) is 3.55. The third-order valence-electron chi connectivity index (χ3n) is 5.97. The molecule has 1 fully saturated rings. The van der Waals surface area contributed by atoms with Crippen molar-refractivity contribution in [2.24, 2.45) is 0 Å². The lowest BCUT2D eigenvalue weighted by atomic mass is 9.93. The minimum Gasteiger partial charge on any atom is -0.381 e. The molecule has 1 N–H and O–H groups in total. The van der Waals surface area contributed by atoms with Gasteiger partial charge in [-0.05, 0) is 50.8 Å². The Morgan fingerprint density at radius 1 is 1.22 bits per heavy atom. The molecule has 1 aliphatic rings. The lowest BCUT2D eigenvalue weighted by Crippen LogP contribution is -2.30. The summed E-state index contributed by atoms with van der Waals surface area (Å²) in [4.78, 5) is 13.4. The van der Waals surface area contributed by atoms with Gasteiger partial charge >= 0.3 is 0 Å². The van der Waals surface area contributed by atoms with E-state index < -0.39 is 20.0 Å². The Morgan fingerprint density at radius 2 is 2.06 bits per heavy atom. The number of rotatable bonds is 6. The number of aryl methyl sites for hydroxylation is 1. The van der Waals surface area contributed by atoms with Crippen LogP contribution < -0.4 is 5.32 Å². The van der Waals surface area contributed by atoms with Gasteiger partial charge in [-0.25, -0.2) is 28.2 Å². The van der Waals surface area contributed by atoms with Crippen molar-refractivity contribution in [3.05, 3.63) is 36.4 Å². The van der Waals surface area contributed by atoms with Crippen molar-refractivity contribution in [1.29, 1.82) is 0 Å². The number of nitrogens with one attached hydrogen (secondary N) is 1. The Kier molecular flexibility index (Phi) is 4.58. The molecule has 32 heavy (non-hydrogen) atoms. The summed E-state index contributed by atoms with van der Waals surface area (Å²) in [6.45, 7) is 1.23. The number of anilines is 1. The first-order chi connectivity index (χ1) is 16.7. The molecule has 0 spiro atoms. The number of ether oxygens (including phenoxy) is 1. The van der Waals surface area contributed by atoms with Crippen LogP contribution in [0.4, 0.5) is 14.7 Å². The van der Waals surface area contributed by atoms with Crippen LogP contribution in [-0.4, -0.2) is 54.7 Å². The molecule has 1 aliphatic carbocycles. The van der Waals surface area contributed by atoms with Crippen molar-refractivity contribution in [2.75, 3.05) is 12.4 Å². The highest BCUT2D eigenvalue weighted by Gasteiger charge is 2.22. The highest BCUT2D eigenvalue weighted by Crippen LogP contribution is 2.27. The first-order valence-electron chi connectivity index (χ1n) is 12.1. The molecule has 0 unspecified atom stereocenters. The van der Waals surface area contributed by atoms with Crippen molar-refractivity contribution in [1.82, 2.24) is 29.1 Å². The first-order valence-corrected chi connectivity index (χ1v) is 10.6. The fourth-order valence-electron chi connectivity index (χ4n) is 4.31. The van der Waals surface area contributed by atoms with Crippen LogP contribution in [0.3, 0.4) is 0 Å². The molecule has 4 aromatic heterocycles. The number of methoxy groups -OCH3 is 1. The molecule has 10 heteroatoms. The van der Waals surface area contributed by atoms with Gasteiger partial charge in [-0.15, -0.1) is 5.10 Å². The summed E-state index contributed by atoms with van der Waals surface area (Å²) in [7, 11) is -2.37. The van der Waals surface area contributed by atoms with E-state index in [2.05, 4.69) is 25.4 Å². The van der Waals surface area contributed by atoms with E-state index in [1.54, 1.807) is 29.9 Å². The molecule has 168 valence electrons. The summed E-state index contributed by atoms with van der Waals surface area (Å²) in [5, 5.41) is 7.87. The quantitative estimate of drug-likeness (QED) is 0.483. The number of aromatic nitrogens is 6. The van der Waals surface area contributed by atoms with Crippen molar-refractivity contribution in [3.8, 4) is 11.3 Å². The summed E-state index contributed by atoms with van der Waals surface area (Å²) in [5.74, 6) is 0.957. The summed E-state index contributed by atoms with van der Waals surface area (Å²) in [6, 6.07) is 5.57. The predicted molar refractivity (Wildman–Crippen MR) is 117 cm³/mol.